The number of nitrogens with zero attached hydrogens (tertiary/aromatic N) is 1. The van der Waals surface area contributed by atoms with Crippen LogP contribution < -0.4 is 0 Å². The lowest BCUT2D eigenvalue weighted by atomic mass is 10.0. The molecule has 0 radical (unpaired) electrons. The first-order valence-corrected chi connectivity index (χ1v) is 6.60. The molecule has 0 saturated heterocycles. The van der Waals surface area contributed by atoms with Crippen molar-refractivity contribution in [2.24, 2.45) is 5.92 Å². The van der Waals surface area contributed by atoms with Crippen LogP contribution >= 0.6 is 15.9 Å². The van der Waals surface area contributed by atoms with Gasteiger partial charge >= 0.3 is 0 Å². The molecule has 0 N–H and O–H groups in total. The van der Waals surface area contributed by atoms with Gasteiger partial charge in [-0.2, -0.15) is 0 Å². The van der Waals surface area contributed by atoms with Crippen LogP contribution in [0.15, 0.2) is 34.9 Å². The summed E-state index contributed by atoms with van der Waals surface area (Å²) in [4.78, 5) is 4.49. The predicted molar refractivity (Wildman–Crippen MR) is 78.1 cm³/mol. The number of aromatic nitrogens is 1. The van der Waals surface area contributed by atoms with Crippen molar-refractivity contribution >= 4 is 32.9 Å². The van der Waals surface area contributed by atoms with E-state index in [-0.39, 0.29) is 0 Å². The Labute approximate surface area is 111 Å². The van der Waals surface area contributed by atoms with Crippen LogP contribution in [0.3, 0.4) is 0 Å². The lowest BCUT2D eigenvalue weighted by Crippen LogP contribution is -1.88. The monoisotopic (exact) mass is 289 g/mol. The SMILES string of the molecule is Cc1c(/C=C\C(C)C)ccc2cc(Br)cnc12. The summed E-state index contributed by atoms with van der Waals surface area (Å²) in [6.45, 7) is 6.49. The maximum atomic E-state index is 4.49. The number of aryl methyl sites for hydroxylation is 1. The van der Waals surface area contributed by atoms with E-state index in [0.29, 0.717) is 5.92 Å². The fourth-order valence-corrected chi connectivity index (χ4v) is 2.16. The summed E-state index contributed by atoms with van der Waals surface area (Å²) in [6.07, 6.45) is 6.25. The van der Waals surface area contributed by atoms with Gasteiger partial charge in [0.2, 0.25) is 0 Å². The number of benzene rings is 1. The van der Waals surface area contributed by atoms with Gasteiger partial charge in [-0.3, -0.25) is 4.98 Å². The van der Waals surface area contributed by atoms with Crippen LogP contribution in [0, 0.1) is 12.8 Å². The Morgan fingerprint density at radius 2 is 2.06 bits per heavy atom. The molecule has 17 heavy (non-hydrogen) atoms. The minimum absolute atomic E-state index is 0.572. The van der Waals surface area contributed by atoms with Crippen LogP contribution in [0.2, 0.25) is 0 Å². The molecule has 0 bridgehead atoms. The Balaban J connectivity index is 2.54. The Bertz CT molecular complexity index is 570. The quantitative estimate of drug-likeness (QED) is 0.760. The molecule has 0 spiro atoms. The Morgan fingerprint density at radius 1 is 1.29 bits per heavy atom. The molecule has 0 aliphatic rings. The van der Waals surface area contributed by atoms with Gasteiger partial charge in [0.25, 0.3) is 0 Å². The van der Waals surface area contributed by atoms with Crippen molar-refractivity contribution in [2.45, 2.75) is 20.8 Å². The third kappa shape index (κ3) is 2.75. The highest BCUT2D eigenvalue weighted by Crippen LogP contribution is 2.23. The van der Waals surface area contributed by atoms with E-state index in [2.05, 4.69) is 72.0 Å². The number of halogens is 1. The molecule has 1 nitrogen and oxygen atoms in total. The average Bonchev–Trinajstić information content (AvgIpc) is 2.27. The predicted octanol–water partition coefficient (Wildman–Crippen LogP) is 4.97. The number of hydrogen-bond donors (Lipinski definition) is 0. The van der Waals surface area contributed by atoms with Gasteiger partial charge in [-0.05, 0) is 46.0 Å². The highest BCUT2D eigenvalue weighted by atomic mass is 79.9. The first-order chi connectivity index (χ1) is 8.08. The van der Waals surface area contributed by atoms with E-state index in [1.807, 2.05) is 6.20 Å². The first kappa shape index (κ1) is 12.3. The van der Waals surface area contributed by atoms with Gasteiger partial charge < -0.3 is 0 Å². The molecule has 2 rings (SSSR count). The normalized spacial score (nSPS) is 11.8. The molecule has 1 aromatic heterocycles. The average molecular weight is 290 g/mol. The number of pyridine rings is 1. The van der Waals surface area contributed by atoms with Crippen molar-refractivity contribution in [1.82, 2.24) is 4.98 Å². The molecule has 0 amide bonds. The van der Waals surface area contributed by atoms with Crippen LogP contribution in [-0.4, -0.2) is 4.98 Å². The maximum Gasteiger partial charge on any atom is 0.0737 e. The van der Waals surface area contributed by atoms with E-state index >= 15 is 0 Å². The summed E-state index contributed by atoms with van der Waals surface area (Å²) in [5, 5.41) is 1.18. The van der Waals surface area contributed by atoms with Gasteiger partial charge in [0, 0.05) is 16.1 Å². The number of allylic oxidation sites excluding steroid dienone is 1. The molecule has 2 aromatic rings. The molecule has 0 aliphatic carbocycles. The summed E-state index contributed by atoms with van der Waals surface area (Å²) >= 11 is 3.45. The largest absolute Gasteiger partial charge is 0.255 e. The molecule has 1 aromatic carbocycles. The van der Waals surface area contributed by atoms with Crippen LogP contribution in [0.5, 0.6) is 0 Å². The van der Waals surface area contributed by atoms with E-state index < -0.39 is 0 Å². The van der Waals surface area contributed by atoms with Crippen molar-refractivity contribution in [3.63, 3.8) is 0 Å². The topological polar surface area (TPSA) is 12.9 Å². The fourth-order valence-electron chi connectivity index (χ4n) is 1.81. The molecule has 0 saturated carbocycles. The Hall–Kier alpha value is -1.15. The van der Waals surface area contributed by atoms with Gasteiger partial charge in [0.1, 0.15) is 0 Å². The van der Waals surface area contributed by atoms with Crippen molar-refractivity contribution in [2.75, 3.05) is 0 Å². The summed E-state index contributed by atoms with van der Waals surface area (Å²) in [7, 11) is 0. The lowest BCUT2D eigenvalue weighted by Gasteiger charge is -2.06. The van der Waals surface area contributed by atoms with Gasteiger partial charge in [-0.15, -0.1) is 0 Å². The Kier molecular flexibility index (Phi) is 3.63. The van der Waals surface area contributed by atoms with Gasteiger partial charge in [0.15, 0.2) is 0 Å². The zero-order valence-electron chi connectivity index (χ0n) is 10.4. The number of rotatable bonds is 2. The van der Waals surface area contributed by atoms with E-state index in [0.717, 1.165) is 9.99 Å². The van der Waals surface area contributed by atoms with Crippen molar-refractivity contribution in [3.05, 3.63) is 46.1 Å². The molecule has 0 fully saturated rings. The van der Waals surface area contributed by atoms with Gasteiger partial charge in [-0.25, -0.2) is 0 Å². The second-order valence-electron chi connectivity index (χ2n) is 4.61. The van der Waals surface area contributed by atoms with E-state index in [4.69, 9.17) is 0 Å². The first-order valence-electron chi connectivity index (χ1n) is 5.81. The third-order valence-electron chi connectivity index (χ3n) is 2.78. The number of hydrogen-bond acceptors (Lipinski definition) is 1. The van der Waals surface area contributed by atoms with Crippen molar-refractivity contribution in [1.29, 1.82) is 0 Å². The Morgan fingerprint density at radius 3 is 2.76 bits per heavy atom. The van der Waals surface area contributed by atoms with Crippen molar-refractivity contribution < 1.29 is 0 Å². The maximum absolute atomic E-state index is 4.49. The minimum Gasteiger partial charge on any atom is -0.255 e. The lowest BCUT2D eigenvalue weighted by molar-refractivity contribution is 0.836. The van der Waals surface area contributed by atoms with Gasteiger partial charge in [-0.1, -0.05) is 38.1 Å². The minimum atomic E-state index is 0.572. The zero-order valence-corrected chi connectivity index (χ0v) is 12.0. The summed E-state index contributed by atoms with van der Waals surface area (Å²) < 4.78 is 1.02. The van der Waals surface area contributed by atoms with Crippen LogP contribution in [-0.2, 0) is 0 Å². The molecule has 0 atom stereocenters. The molecule has 88 valence electrons. The van der Waals surface area contributed by atoms with E-state index in [9.17, 15) is 0 Å². The summed E-state index contributed by atoms with van der Waals surface area (Å²) in [5.41, 5.74) is 3.58. The molecular weight excluding hydrogens is 274 g/mol. The molecule has 0 unspecified atom stereocenters. The van der Waals surface area contributed by atoms with E-state index in [1.165, 1.54) is 16.5 Å². The third-order valence-corrected chi connectivity index (χ3v) is 3.21. The highest BCUT2D eigenvalue weighted by molar-refractivity contribution is 9.10. The number of fused-ring (bicyclic) bond motifs is 1. The van der Waals surface area contributed by atoms with Crippen LogP contribution in [0.25, 0.3) is 17.0 Å². The second-order valence-corrected chi connectivity index (χ2v) is 5.52. The molecule has 0 aliphatic heterocycles. The molecular formula is C15H16BrN. The van der Waals surface area contributed by atoms with Crippen molar-refractivity contribution in [3.8, 4) is 0 Å². The fraction of sp³-hybridized carbons (Fsp3) is 0.267. The van der Waals surface area contributed by atoms with Crippen LogP contribution in [0.1, 0.15) is 25.0 Å². The molecule has 1 heterocycles. The summed E-state index contributed by atoms with van der Waals surface area (Å²) in [6, 6.07) is 6.38. The second kappa shape index (κ2) is 5.01. The standard InChI is InChI=1S/C15H16BrN/c1-10(2)4-5-12-6-7-13-8-14(16)9-17-15(13)11(12)3/h4-10H,1-3H3/b5-4-. The smallest absolute Gasteiger partial charge is 0.0737 e. The zero-order chi connectivity index (χ0) is 12.4. The highest BCUT2D eigenvalue weighted by Gasteiger charge is 2.03. The van der Waals surface area contributed by atoms with E-state index in [1.54, 1.807) is 0 Å². The van der Waals surface area contributed by atoms with Gasteiger partial charge in [0.05, 0.1) is 5.52 Å². The van der Waals surface area contributed by atoms with Crippen LogP contribution in [0.4, 0.5) is 0 Å². The summed E-state index contributed by atoms with van der Waals surface area (Å²) in [5.74, 6) is 0.572. The molecule has 2 heteroatoms.